The smallest absolute Gasteiger partial charge is 0.258 e. The van der Waals surface area contributed by atoms with E-state index in [1.807, 2.05) is 58.4 Å². The van der Waals surface area contributed by atoms with Gasteiger partial charge in [-0.3, -0.25) is 14.0 Å². The molecule has 2 N–H and O–H groups in total. The van der Waals surface area contributed by atoms with E-state index in [4.69, 9.17) is 14.7 Å². The van der Waals surface area contributed by atoms with Crippen molar-refractivity contribution in [1.82, 2.24) is 19.4 Å². The molecule has 1 fully saturated rings. The van der Waals surface area contributed by atoms with E-state index in [0.29, 0.717) is 36.2 Å². The predicted molar refractivity (Wildman–Crippen MR) is 167 cm³/mol. The number of ether oxygens (including phenoxy) is 1. The highest BCUT2D eigenvalue weighted by Crippen LogP contribution is 2.35. The molecule has 3 aromatic carbocycles. The van der Waals surface area contributed by atoms with Gasteiger partial charge in [-0.1, -0.05) is 24.3 Å². The van der Waals surface area contributed by atoms with Gasteiger partial charge < -0.3 is 20.3 Å². The first-order valence-electron chi connectivity index (χ1n) is 13.7. The second-order valence-corrected chi connectivity index (χ2v) is 10.8. The van der Waals surface area contributed by atoms with Crippen LogP contribution >= 0.6 is 11.3 Å². The number of amides is 2. The number of fused-ring (bicyclic) bond motifs is 1. The number of hydrogen-bond acceptors (Lipinski definition) is 8. The summed E-state index contributed by atoms with van der Waals surface area (Å²) >= 11 is 1.49. The van der Waals surface area contributed by atoms with Crippen LogP contribution in [0.25, 0.3) is 27.6 Å². The van der Waals surface area contributed by atoms with Gasteiger partial charge in [-0.05, 0) is 54.6 Å². The van der Waals surface area contributed by atoms with E-state index in [1.165, 1.54) is 29.5 Å². The van der Waals surface area contributed by atoms with Crippen LogP contribution in [0.5, 0.6) is 0 Å². The maximum Gasteiger partial charge on any atom is 0.258 e. The highest BCUT2D eigenvalue weighted by molar-refractivity contribution is 7.15. The molecule has 0 radical (unpaired) electrons. The second-order valence-electron chi connectivity index (χ2n) is 9.91. The summed E-state index contributed by atoms with van der Waals surface area (Å²) in [7, 11) is 0. The van der Waals surface area contributed by atoms with Crippen LogP contribution in [-0.2, 0) is 9.53 Å². The first-order valence-corrected chi connectivity index (χ1v) is 14.6. The van der Waals surface area contributed by atoms with Crippen LogP contribution in [0.1, 0.15) is 10.4 Å². The van der Waals surface area contributed by atoms with Crippen molar-refractivity contribution in [1.29, 1.82) is 0 Å². The number of nitrogens with one attached hydrogen (secondary N) is 2. The van der Waals surface area contributed by atoms with Gasteiger partial charge in [0.15, 0.2) is 4.96 Å². The summed E-state index contributed by atoms with van der Waals surface area (Å²) in [6.45, 7) is 1.11. The molecule has 0 saturated carbocycles. The summed E-state index contributed by atoms with van der Waals surface area (Å²) in [5.41, 5.74) is 4.85. The Hall–Kier alpha value is -5.46. The standard InChI is InChI=1S/C32H24FN7O3S/c33-25-7-2-1-6-24(25)30(42)35-22-5-3-4-20(18-22)28-29(40-15-17-44-32(40)38-28)26-12-13-34-31(37-26)36-21-8-10-23(11-9-21)39-14-16-43-19-27(39)41/h1-13,15,17-18H,14,16,19H2,(H,35,42)(H,34,36,37). The van der Waals surface area contributed by atoms with Crippen molar-refractivity contribution in [2.75, 3.05) is 35.3 Å². The van der Waals surface area contributed by atoms with Gasteiger partial charge in [-0.15, -0.1) is 11.3 Å². The van der Waals surface area contributed by atoms with Crippen LogP contribution in [0.2, 0.25) is 0 Å². The van der Waals surface area contributed by atoms with Gasteiger partial charge >= 0.3 is 0 Å². The Balaban J connectivity index is 1.17. The molecule has 1 aliphatic heterocycles. The van der Waals surface area contributed by atoms with E-state index in [2.05, 4.69) is 15.6 Å². The number of imidazole rings is 1. The van der Waals surface area contributed by atoms with E-state index >= 15 is 0 Å². The number of nitrogens with zero attached hydrogens (tertiary/aromatic N) is 5. The van der Waals surface area contributed by atoms with Gasteiger partial charge in [0, 0.05) is 46.9 Å². The third-order valence-corrected chi connectivity index (χ3v) is 7.85. The third-order valence-electron chi connectivity index (χ3n) is 7.09. The van der Waals surface area contributed by atoms with Gasteiger partial charge in [0.25, 0.3) is 11.8 Å². The zero-order valence-electron chi connectivity index (χ0n) is 23.1. The van der Waals surface area contributed by atoms with Gasteiger partial charge in [0.2, 0.25) is 5.95 Å². The fraction of sp³-hybridized carbons (Fsp3) is 0.0938. The highest BCUT2D eigenvalue weighted by atomic mass is 32.1. The van der Waals surface area contributed by atoms with Crippen molar-refractivity contribution in [3.63, 3.8) is 0 Å². The first-order chi connectivity index (χ1) is 21.5. The number of aromatic nitrogens is 4. The SMILES string of the molecule is O=C(Nc1cccc(-c2nc3sccn3c2-c2ccnc(Nc3ccc(N4CCOCC4=O)cc3)n2)c1)c1ccccc1F. The van der Waals surface area contributed by atoms with E-state index < -0.39 is 11.7 Å². The number of carbonyl (C=O) groups is 2. The molecule has 0 aliphatic carbocycles. The lowest BCUT2D eigenvalue weighted by Gasteiger charge is -2.26. The lowest BCUT2D eigenvalue weighted by molar-refractivity contribution is -0.125. The number of morpholine rings is 1. The number of carbonyl (C=O) groups excluding carboxylic acids is 2. The topological polar surface area (TPSA) is 114 Å². The number of thiazole rings is 1. The molecule has 10 nitrogen and oxygen atoms in total. The molecule has 0 atom stereocenters. The second kappa shape index (κ2) is 11.7. The van der Waals surface area contributed by atoms with E-state index in [1.54, 1.807) is 29.3 Å². The Labute approximate surface area is 254 Å². The summed E-state index contributed by atoms with van der Waals surface area (Å²) < 4.78 is 21.4. The zero-order valence-corrected chi connectivity index (χ0v) is 23.9. The summed E-state index contributed by atoms with van der Waals surface area (Å²) in [4.78, 5) is 41.5. The maximum atomic E-state index is 14.2. The van der Waals surface area contributed by atoms with Crippen molar-refractivity contribution in [2.45, 2.75) is 0 Å². The molecule has 218 valence electrons. The quantitative estimate of drug-likeness (QED) is 0.229. The molecule has 2 amide bonds. The molecule has 1 aliphatic rings. The zero-order chi connectivity index (χ0) is 30.0. The number of benzene rings is 3. The van der Waals surface area contributed by atoms with Gasteiger partial charge in [0.05, 0.1) is 23.6 Å². The fourth-order valence-corrected chi connectivity index (χ4v) is 5.73. The summed E-state index contributed by atoms with van der Waals surface area (Å²) in [5.74, 6) is -0.807. The van der Waals surface area contributed by atoms with Crippen molar-refractivity contribution in [2.24, 2.45) is 0 Å². The Morgan fingerprint density at radius 2 is 1.84 bits per heavy atom. The maximum absolute atomic E-state index is 14.2. The van der Waals surface area contributed by atoms with Crippen LogP contribution in [0.3, 0.4) is 0 Å². The summed E-state index contributed by atoms with van der Waals surface area (Å²) in [6.07, 6.45) is 3.60. The molecule has 12 heteroatoms. The molecule has 44 heavy (non-hydrogen) atoms. The summed E-state index contributed by atoms with van der Waals surface area (Å²) in [6, 6.07) is 22.4. The number of rotatable bonds is 7. The lowest BCUT2D eigenvalue weighted by Crippen LogP contribution is -2.41. The third kappa shape index (κ3) is 5.39. The van der Waals surface area contributed by atoms with E-state index in [9.17, 15) is 14.0 Å². The normalized spacial score (nSPS) is 13.3. The average molecular weight is 606 g/mol. The number of hydrogen-bond donors (Lipinski definition) is 2. The van der Waals surface area contributed by atoms with Crippen LogP contribution in [-0.4, -0.2) is 50.9 Å². The molecule has 0 bridgehead atoms. The Bertz CT molecular complexity index is 2010. The predicted octanol–water partition coefficient (Wildman–Crippen LogP) is 6.02. The molecular formula is C32H24FN7O3S. The number of anilines is 4. The van der Waals surface area contributed by atoms with Crippen molar-refractivity contribution in [3.05, 3.63) is 108 Å². The Morgan fingerprint density at radius 1 is 0.977 bits per heavy atom. The monoisotopic (exact) mass is 605 g/mol. The van der Waals surface area contributed by atoms with Crippen LogP contribution in [0, 0.1) is 5.82 Å². The molecule has 6 aromatic rings. The molecule has 1 saturated heterocycles. The highest BCUT2D eigenvalue weighted by Gasteiger charge is 2.21. The molecule has 3 aromatic heterocycles. The van der Waals surface area contributed by atoms with E-state index in [0.717, 1.165) is 27.6 Å². The van der Waals surface area contributed by atoms with Gasteiger partial charge in [0.1, 0.15) is 18.1 Å². The van der Waals surface area contributed by atoms with Gasteiger partial charge in [-0.2, -0.15) is 0 Å². The van der Waals surface area contributed by atoms with Crippen LogP contribution in [0.15, 0.2) is 96.6 Å². The first kappa shape index (κ1) is 27.4. The minimum absolute atomic E-state index is 0.0358. The van der Waals surface area contributed by atoms with Gasteiger partial charge in [-0.25, -0.2) is 19.3 Å². The largest absolute Gasteiger partial charge is 0.370 e. The molecule has 0 unspecified atom stereocenters. The van der Waals surface area contributed by atoms with E-state index in [-0.39, 0.29) is 18.1 Å². The molecule has 7 rings (SSSR count). The Kier molecular flexibility index (Phi) is 7.26. The summed E-state index contributed by atoms with van der Waals surface area (Å²) in [5, 5.41) is 7.98. The minimum Gasteiger partial charge on any atom is -0.370 e. The Morgan fingerprint density at radius 3 is 2.68 bits per heavy atom. The van der Waals surface area contributed by atoms with Crippen molar-refractivity contribution < 1.29 is 18.7 Å². The van der Waals surface area contributed by atoms with Crippen molar-refractivity contribution >= 4 is 51.1 Å². The molecule has 0 spiro atoms. The van der Waals surface area contributed by atoms with Crippen LogP contribution < -0.4 is 15.5 Å². The molecule has 4 heterocycles. The fourth-order valence-electron chi connectivity index (χ4n) is 5.02. The van der Waals surface area contributed by atoms with Crippen molar-refractivity contribution in [3.8, 4) is 22.6 Å². The van der Waals surface area contributed by atoms with Crippen LogP contribution in [0.4, 0.5) is 27.4 Å². The number of halogens is 1. The molecular weight excluding hydrogens is 581 g/mol. The lowest BCUT2D eigenvalue weighted by atomic mass is 10.1. The average Bonchev–Trinajstić information content (AvgIpc) is 3.64. The minimum atomic E-state index is -0.589.